The molecule has 0 aliphatic carbocycles. The molecular weight excluding hydrogens is 312 g/mol. The van der Waals surface area contributed by atoms with Crippen LogP contribution in [0.2, 0.25) is 0 Å². The van der Waals surface area contributed by atoms with Gasteiger partial charge in [-0.3, -0.25) is 9.59 Å². The molecule has 2 aromatic carbocycles. The first kappa shape index (κ1) is 21.0. The van der Waals surface area contributed by atoms with E-state index in [-0.39, 0.29) is 0 Å². The lowest BCUT2D eigenvalue weighted by Gasteiger charge is -2.04. The number of hydrogen-bond acceptors (Lipinski definition) is 5. The fourth-order valence-electron chi connectivity index (χ4n) is 1.61. The number of carbonyl (C=O) groups is 3. The van der Waals surface area contributed by atoms with Crippen molar-refractivity contribution in [3.8, 4) is 0 Å². The molecule has 6 N–H and O–H groups in total. The molecule has 0 saturated heterocycles. The van der Waals surface area contributed by atoms with Crippen molar-refractivity contribution in [1.82, 2.24) is 0 Å². The lowest BCUT2D eigenvalue weighted by molar-refractivity contribution is -0.139. The SMILES string of the molecule is C=O.NC(C(=O)O)c1ccccc1.NC(C(=O)O)c1ccccc1. The summed E-state index contributed by atoms with van der Waals surface area (Å²) in [5, 5.41) is 17.0. The van der Waals surface area contributed by atoms with E-state index in [1.807, 2.05) is 18.9 Å². The Bertz CT molecular complexity index is 564. The molecule has 0 heterocycles. The van der Waals surface area contributed by atoms with Crippen LogP contribution in [0.25, 0.3) is 0 Å². The zero-order chi connectivity index (χ0) is 18.5. The highest BCUT2D eigenvalue weighted by molar-refractivity contribution is 5.75. The van der Waals surface area contributed by atoms with Gasteiger partial charge >= 0.3 is 11.9 Å². The maximum absolute atomic E-state index is 10.4. The average molecular weight is 332 g/mol. The second kappa shape index (κ2) is 11.5. The van der Waals surface area contributed by atoms with Gasteiger partial charge in [0.2, 0.25) is 0 Å². The van der Waals surface area contributed by atoms with Crippen molar-refractivity contribution in [1.29, 1.82) is 0 Å². The van der Waals surface area contributed by atoms with E-state index in [0.717, 1.165) is 0 Å². The lowest BCUT2D eigenvalue weighted by Crippen LogP contribution is -2.20. The third-order valence-corrected chi connectivity index (χ3v) is 2.85. The molecule has 0 aliphatic rings. The third-order valence-electron chi connectivity index (χ3n) is 2.85. The molecule has 0 spiro atoms. The Balaban J connectivity index is 0.000000400. The Hall–Kier alpha value is -3.03. The van der Waals surface area contributed by atoms with Crippen LogP contribution in [0, 0.1) is 0 Å². The van der Waals surface area contributed by atoms with Crippen molar-refractivity contribution < 1.29 is 24.6 Å². The number of carbonyl (C=O) groups excluding carboxylic acids is 1. The van der Waals surface area contributed by atoms with Crippen molar-refractivity contribution in [3.05, 3.63) is 71.8 Å². The quantitative estimate of drug-likeness (QED) is 0.661. The molecule has 2 unspecified atom stereocenters. The summed E-state index contributed by atoms with van der Waals surface area (Å²) >= 11 is 0. The molecule has 128 valence electrons. The molecule has 2 rings (SSSR count). The standard InChI is InChI=1S/2C8H9NO2.CH2O/c2*9-7(8(10)11)6-4-2-1-3-5-6;1-2/h2*1-5,7H,9H2,(H,10,11);1H2. The molecular formula is C17H20N2O5. The fourth-order valence-corrected chi connectivity index (χ4v) is 1.61. The minimum atomic E-state index is -1.00. The predicted octanol–water partition coefficient (Wildman–Crippen LogP) is 1.36. The van der Waals surface area contributed by atoms with Gasteiger partial charge in [-0.15, -0.1) is 0 Å². The van der Waals surface area contributed by atoms with Crippen molar-refractivity contribution >= 4 is 18.7 Å². The van der Waals surface area contributed by atoms with Gasteiger partial charge < -0.3 is 26.5 Å². The van der Waals surface area contributed by atoms with E-state index < -0.39 is 24.0 Å². The predicted molar refractivity (Wildman–Crippen MR) is 89.1 cm³/mol. The number of rotatable bonds is 4. The van der Waals surface area contributed by atoms with Crippen molar-refractivity contribution in [2.24, 2.45) is 11.5 Å². The van der Waals surface area contributed by atoms with Crippen LogP contribution < -0.4 is 11.5 Å². The highest BCUT2D eigenvalue weighted by Gasteiger charge is 2.12. The summed E-state index contributed by atoms with van der Waals surface area (Å²) in [6.07, 6.45) is 0. The molecule has 7 heteroatoms. The van der Waals surface area contributed by atoms with Crippen LogP contribution in [0.4, 0.5) is 0 Å². The first-order valence-electron chi connectivity index (χ1n) is 6.79. The molecule has 0 saturated carbocycles. The lowest BCUT2D eigenvalue weighted by atomic mass is 10.1. The maximum Gasteiger partial charge on any atom is 0.325 e. The number of nitrogens with two attached hydrogens (primary N) is 2. The van der Waals surface area contributed by atoms with E-state index in [9.17, 15) is 9.59 Å². The largest absolute Gasteiger partial charge is 0.480 e. The molecule has 0 fully saturated rings. The molecule has 0 amide bonds. The van der Waals surface area contributed by atoms with Gasteiger partial charge in [0.1, 0.15) is 18.9 Å². The minimum Gasteiger partial charge on any atom is -0.480 e. The second-order valence-electron chi connectivity index (χ2n) is 4.45. The molecule has 0 aliphatic heterocycles. The third kappa shape index (κ3) is 7.30. The summed E-state index contributed by atoms with van der Waals surface area (Å²) in [7, 11) is 0. The first-order chi connectivity index (χ1) is 11.4. The van der Waals surface area contributed by atoms with Gasteiger partial charge in [-0.2, -0.15) is 0 Å². The van der Waals surface area contributed by atoms with Crippen molar-refractivity contribution in [3.63, 3.8) is 0 Å². The Morgan fingerprint density at radius 2 is 0.958 bits per heavy atom. The topological polar surface area (TPSA) is 144 Å². The average Bonchev–Trinajstić information content (AvgIpc) is 2.64. The number of aliphatic carboxylic acids is 2. The van der Waals surface area contributed by atoms with E-state index in [1.165, 1.54) is 0 Å². The smallest absolute Gasteiger partial charge is 0.325 e. The molecule has 0 aromatic heterocycles. The summed E-state index contributed by atoms with van der Waals surface area (Å²) in [6.45, 7) is 2.00. The molecule has 7 nitrogen and oxygen atoms in total. The number of benzene rings is 2. The fraction of sp³-hybridized carbons (Fsp3) is 0.118. The molecule has 24 heavy (non-hydrogen) atoms. The van der Waals surface area contributed by atoms with Crippen LogP contribution in [0.1, 0.15) is 23.2 Å². The van der Waals surface area contributed by atoms with Gasteiger partial charge in [-0.1, -0.05) is 60.7 Å². The van der Waals surface area contributed by atoms with Gasteiger partial charge in [-0.05, 0) is 11.1 Å². The van der Waals surface area contributed by atoms with Gasteiger partial charge in [0.25, 0.3) is 0 Å². The van der Waals surface area contributed by atoms with Gasteiger partial charge in [-0.25, -0.2) is 0 Å². The first-order valence-corrected chi connectivity index (χ1v) is 6.79. The zero-order valence-electron chi connectivity index (χ0n) is 12.9. The van der Waals surface area contributed by atoms with E-state index in [0.29, 0.717) is 11.1 Å². The Morgan fingerprint density at radius 1 is 0.708 bits per heavy atom. The summed E-state index contributed by atoms with van der Waals surface area (Å²) in [4.78, 5) is 28.7. The number of carboxylic acid groups (broad SMARTS) is 2. The van der Waals surface area contributed by atoms with Gasteiger partial charge in [0.05, 0.1) is 0 Å². The van der Waals surface area contributed by atoms with Crippen LogP contribution in [-0.4, -0.2) is 28.9 Å². The van der Waals surface area contributed by atoms with E-state index in [2.05, 4.69) is 0 Å². The molecule has 0 radical (unpaired) electrons. The zero-order valence-corrected chi connectivity index (χ0v) is 12.9. The summed E-state index contributed by atoms with van der Waals surface area (Å²) in [5.74, 6) is -2.01. The number of hydrogen-bond donors (Lipinski definition) is 4. The van der Waals surface area contributed by atoms with Crippen LogP contribution in [0.5, 0.6) is 0 Å². The van der Waals surface area contributed by atoms with Crippen LogP contribution in [0.15, 0.2) is 60.7 Å². The molecule has 2 atom stereocenters. The van der Waals surface area contributed by atoms with Gasteiger partial charge in [0.15, 0.2) is 0 Å². The second-order valence-corrected chi connectivity index (χ2v) is 4.45. The van der Waals surface area contributed by atoms with Crippen molar-refractivity contribution in [2.45, 2.75) is 12.1 Å². The Kier molecular flexibility index (Phi) is 10.1. The Labute approximate surface area is 139 Å². The number of carboxylic acids is 2. The maximum atomic E-state index is 10.4. The Morgan fingerprint density at radius 3 is 1.17 bits per heavy atom. The monoisotopic (exact) mass is 332 g/mol. The molecule has 0 bridgehead atoms. The normalized spacial score (nSPS) is 11.6. The minimum absolute atomic E-state index is 0.625. The van der Waals surface area contributed by atoms with Crippen molar-refractivity contribution in [2.75, 3.05) is 0 Å². The van der Waals surface area contributed by atoms with Crippen LogP contribution in [-0.2, 0) is 14.4 Å². The molecule has 2 aromatic rings. The van der Waals surface area contributed by atoms with E-state index in [4.69, 9.17) is 26.5 Å². The summed E-state index contributed by atoms with van der Waals surface area (Å²) in [6, 6.07) is 15.6. The van der Waals surface area contributed by atoms with Crippen LogP contribution in [0.3, 0.4) is 0 Å². The van der Waals surface area contributed by atoms with E-state index >= 15 is 0 Å². The summed E-state index contributed by atoms with van der Waals surface area (Å²) in [5.41, 5.74) is 11.9. The van der Waals surface area contributed by atoms with Crippen LogP contribution >= 0.6 is 0 Å². The highest BCUT2D eigenvalue weighted by Crippen LogP contribution is 2.09. The van der Waals surface area contributed by atoms with Gasteiger partial charge in [0, 0.05) is 0 Å². The summed E-state index contributed by atoms with van der Waals surface area (Å²) < 4.78 is 0. The van der Waals surface area contributed by atoms with E-state index in [1.54, 1.807) is 48.5 Å². The highest BCUT2D eigenvalue weighted by atomic mass is 16.4.